The summed E-state index contributed by atoms with van der Waals surface area (Å²) in [6.07, 6.45) is 9.80. The first-order valence-corrected chi connectivity index (χ1v) is 3.55. The molecule has 2 bridgehead atoms. The van der Waals surface area contributed by atoms with Crippen molar-refractivity contribution >= 4 is 0 Å². The third kappa shape index (κ3) is 0.830. The van der Waals surface area contributed by atoms with Gasteiger partial charge in [-0.2, -0.15) is 0 Å². The zero-order valence-electron chi connectivity index (χ0n) is 5.79. The van der Waals surface area contributed by atoms with Gasteiger partial charge in [0.25, 0.3) is 0 Å². The topological polar surface area (TPSA) is 9.23 Å². The van der Waals surface area contributed by atoms with Crippen molar-refractivity contribution < 1.29 is 4.74 Å². The molecular weight excluding hydrogens is 124 g/mol. The summed E-state index contributed by atoms with van der Waals surface area (Å²) in [7, 11) is 0. The van der Waals surface area contributed by atoms with Crippen LogP contribution in [0.5, 0.6) is 0 Å². The highest BCUT2D eigenvalue weighted by Gasteiger charge is 2.22. The van der Waals surface area contributed by atoms with Gasteiger partial charge in [0, 0.05) is 6.42 Å². The number of allylic oxidation sites excluding steroid dienone is 1. The monoisotopic (exact) mass is 134 g/mol. The van der Waals surface area contributed by atoms with Gasteiger partial charge in [0.05, 0.1) is 12.2 Å². The lowest BCUT2D eigenvalue weighted by molar-refractivity contribution is 0.0776. The third-order valence-corrected chi connectivity index (χ3v) is 1.92. The first kappa shape index (κ1) is 5.93. The predicted molar refractivity (Wildman–Crippen MR) is 40.7 cm³/mol. The highest BCUT2D eigenvalue weighted by Crippen LogP contribution is 2.26. The summed E-state index contributed by atoms with van der Waals surface area (Å²) in [5.41, 5.74) is 1.31. The summed E-state index contributed by atoms with van der Waals surface area (Å²) >= 11 is 0. The van der Waals surface area contributed by atoms with E-state index >= 15 is 0 Å². The average molecular weight is 134 g/mol. The molecule has 10 heavy (non-hydrogen) atoms. The molecule has 0 aromatic rings. The standard InChI is InChI=1S/C9H10O/c1-2-7-5-8-3-4-9(6-7)10-8/h2-5,8-9H,1,6H2/t8-,9+/m0/s1. The third-order valence-electron chi connectivity index (χ3n) is 1.92. The SMILES string of the molecule is C=CC1=C[C@@H]2C=C[C@H](C1)O2. The van der Waals surface area contributed by atoms with E-state index in [0.29, 0.717) is 6.10 Å². The molecule has 0 amide bonds. The van der Waals surface area contributed by atoms with Gasteiger partial charge in [0.1, 0.15) is 0 Å². The normalized spacial score (nSPS) is 35.8. The van der Waals surface area contributed by atoms with Crippen LogP contribution in [0.2, 0.25) is 0 Å². The van der Waals surface area contributed by atoms with E-state index in [1.54, 1.807) is 0 Å². The van der Waals surface area contributed by atoms with Crippen LogP contribution in [0.4, 0.5) is 0 Å². The van der Waals surface area contributed by atoms with Crippen LogP contribution in [0.1, 0.15) is 6.42 Å². The molecule has 2 rings (SSSR count). The van der Waals surface area contributed by atoms with E-state index in [-0.39, 0.29) is 6.10 Å². The minimum atomic E-state index is 0.228. The van der Waals surface area contributed by atoms with Crippen LogP contribution in [0.3, 0.4) is 0 Å². The lowest BCUT2D eigenvalue weighted by Crippen LogP contribution is -2.16. The molecule has 2 atom stereocenters. The van der Waals surface area contributed by atoms with Crippen LogP contribution in [0, 0.1) is 0 Å². The van der Waals surface area contributed by atoms with Gasteiger partial charge >= 0.3 is 0 Å². The Balaban J connectivity index is 2.25. The Labute approximate surface area is 60.7 Å². The minimum Gasteiger partial charge on any atom is -0.362 e. The molecule has 52 valence electrons. The van der Waals surface area contributed by atoms with Gasteiger partial charge in [0.2, 0.25) is 0 Å². The van der Waals surface area contributed by atoms with Crippen molar-refractivity contribution in [1.29, 1.82) is 0 Å². The Morgan fingerprint density at radius 1 is 1.60 bits per heavy atom. The van der Waals surface area contributed by atoms with Gasteiger partial charge in [-0.05, 0) is 11.6 Å². The summed E-state index contributed by atoms with van der Waals surface area (Å²) < 4.78 is 5.49. The fraction of sp³-hybridized carbons (Fsp3) is 0.333. The maximum Gasteiger partial charge on any atom is 0.0952 e. The highest BCUT2D eigenvalue weighted by molar-refractivity contribution is 5.28. The zero-order valence-corrected chi connectivity index (χ0v) is 5.79. The summed E-state index contributed by atoms with van der Waals surface area (Å²) in [4.78, 5) is 0. The fourth-order valence-corrected chi connectivity index (χ4v) is 1.40. The van der Waals surface area contributed by atoms with Crippen LogP contribution >= 0.6 is 0 Å². The second kappa shape index (κ2) is 2.10. The lowest BCUT2D eigenvalue weighted by Gasteiger charge is -2.18. The second-order valence-electron chi connectivity index (χ2n) is 2.67. The quantitative estimate of drug-likeness (QED) is 0.497. The Bertz CT molecular complexity index is 213. The Morgan fingerprint density at radius 3 is 3.20 bits per heavy atom. The molecule has 0 N–H and O–H groups in total. The second-order valence-corrected chi connectivity index (χ2v) is 2.67. The molecule has 2 aliphatic heterocycles. The molecule has 0 radical (unpaired) electrons. The summed E-state index contributed by atoms with van der Waals surface area (Å²) in [5, 5.41) is 0. The van der Waals surface area contributed by atoms with E-state index in [2.05, 4.69) is 24.8 Å². The van der Waals surface area contributed by atoms with E-state index in [1.165, 1.54) is 5.57 Å². The minimum absolute atomic E-state index is 0.228. The Kier molecular flexibility index (Phi) is 1.24. The van der Waals surface area contributed by atoms with Gasteiger partial charge in [-0.3, -0.25) is 0 Å². The number of ether oxygens (including phenoxy) is 1. The van der Waals surface area contributed by atoms with E-state index in [4.69, 9.17) is 4.74 Å². The molecule has 0 aromatic heterocycles. The number of hydrogen-bond acceptors (Lipinski definition) is 1. The van der Waals surface area contributed by atoms with E-state index in [0.717, 1.165) is 6.42 Å². The molecule has 1 heteroatoms. The first-order chi connectivity index (χ1) is 4.88. The summed E-state index contributed by atoms with van der Waals surface area (Å²) in [6, 6.07) is 0. The molecule has 2 aliphatic rings. The molecule has 0 spiro atoms. The predicted octanol–water partition coefficient (Wildman–Crippen LogP) is 1.83. The smallest absolute Gasteiger partial charge is 0.0952 e. The van der Waals surface area contributed by atoms with Crippen LogP contribution in [0.15, 0.2) is 36.5 Å². The average Bonchev–Trinajstić information content (AvgIpc) is 2.30. The van der Waals surface area contributed by atoms with Crippen LogP contribution in [-0.4, -0.2) is 12.2 Å². The molecule has 1 nitrogen and oxygen atoms in total. The molecule has 0 unspecified atom stereocenters. The largest absolute Gasteiger partial charge is 0.362 e. The van der Waals surface area contributed by atoms with Gasteiger partial charge in [-0.1, -0.05) is 24.8 Å². The summed E-state index contributed by atoms with van der Waals surface area (Å²) in [5.74, 6) is 0. The van der Waals surface area contributed by atoms with Crippen LogP contribution < -0.4 is 0 Å². The van der Waals surface area contributed by atoms with Crippen molar-refractivity contribution in [3.8, 4) is 0 Å². The van der Waals surface area contributed by atoms with Gasteiger partial charge in [-0.15, -0.1) is 0 Å². The first-order valence-electron chi connectivity index (χ1n) is 3.55. The fourth-order valence-electron chi connectivity index (χ4n) is 1.40. The molecule has 0 saturated carbocycles. The van der Waals surface area contributed by atoms with Gasteiger partial charge in [0.15, 0.2) is 0 Å². The Morgan fingerprint density at radius 2 is 2.50 bits per heavy atom. The molecule has 0 aliphatic carbocycles. The van der Waals surface area contributed by atoms with E-state index < -0.39 is 0 Å². The molecular formula is C9H10O. The summed E-state index contributed by atoms with van der Waals surface area (Å²) in [6.45, 7) is 3.73. The molecule has 0 saturated heterocycles. The maximum atomic E-state index is 5.49. The van der Waals surface area contributed by atoms with Crippen molar-refractivity contribution in [3.05, 3.63) is 36.5 Å². The molecule has 0 aromatic carbocycles. The van der Waals surface area contributed by atoms with Gasteiger partial charge in [-0.25, -0.2) is 0 Å². The van der Waals surface area contributed by atoms with Crippen LogP contribution in [0.25, 0.3) is 0 Å². The highest BCUT2D eigenvalue weighted by atomic mass is 16.5. The lowest BCUT2D eigenvalue weighted by atomic mass is 10.1. The van der Waals surface area contributed by atoms with Crippen LogP contribution in [-0.2, 0) is 4.74 Å². The van der Waals surface area contributed by atoms with E-state index in [1.807, 2.05) is 6.08 Å². The van der Waals surface area contributed by atoms with Crippen molar-refractivity contribution in [2.45, 2.75) is 18.6 Å². The molecule has 0 fully saturated rings. The number of hydrogen-bond donors (Lipinski definition) is 0. The van der Waals surface area contributed by atoms with Gasteiger partial charge < -0.3 is 4.74 Å². The molecule has 2 heterocycles. The number of fused-ring (bicyclic) bond motifs is 2. The maximum absolute atomic E-state index is 5.49. The zero-order chi connectivity index (χ0) is 6.97. The van der Waals surface area contributed by atoms with E-state index in [9.17, 15) is 0 Å². The Hall–Kier alpha value is -0.820. The van der Waals surface area contributed by atoms with Crippen molar-refractivity contribution in [2.24, 2.45) is 0 Å². The number of rotatable bonds is 1. The van der Waals surface area contributed by atoms with Crippen molar-refractivity contribution in [2.75, 3.05) is 0 Å². The van der Waals surface area contributed by atoms with Crippen molar-refractivity contribution in [3.63, 3.8) is 0 Å². The van der Waals surface area contributed by atoms with Crippen molar-refractivity contribution in [1.82, 2.24) is 0 Å².